The Balaban J connectivity index is 2.21. The summed E-state index contributed by atoms with van der Waals surface area (Å²) >= 11 is 0. The average molecular weight is 197 g/mol. The molecule has 0 fully saturated rings. The number of aryl methyl sites for hydroxylation is 1. The van der Waals surface area contributed by atoms with Gasteiger partial charge in [-0.1, -0.05) is 18.6 Å². The summed E-state index contributed by atoms with van der Waals surface area (Å²) in [5.74, 6) is 0.850. The summed E-state index contributed by atoms with van der Waals surface area (Å²) in [7, 11) is 2.61. The number of fused-ring (bicyclic) bond motifs is 1. The maximum Gasteiger partial charge on any atom is 0.0862 e. The minimum Gasteiger partial charge on any atom is -0.235 e. The second kappa shape index (κ2) is 3.75. The summed E-state index contributed by atoms with van der Waals surface area (Å²) in [4.78, 5) is 0. The monoisotopic (exact) mass is 197 g/mol. The number of rotatable bonds is 0. The Kier molecular flexibility index (Phi) is 2.63. The van der Waals surface area contributed by atoms with Gasteiger partial charge >= 0.3 is 0 Å². The lowest BCUT2D eigenvalue weighted by molar-refractivity contribution is 0.459. The first-order valence-corrected chi connectivity index (χ1v) is 5.47. The first kappa shape index (κ1) is 9.14. The molecular formula is C9H16N3P. The van der Waals surface area contributed by atoms with E-state index in [0.717, 1.165) is 18.8 Å². The van der Waals surface area contributed by atoms with E-state index in [9.17, 15) is 0 Å². The van der Waals surface area contributed by atoms with Crippen molar-refractivity contribution in [3.63, 3.8) is 0 Å². The standard InChI is InChI=1S/C9H16N3P/c1-7-3-2-4-9-8(6-5-7)10-11-12(9)13/h7H,2-6,13H2,1H3. The highest BCUT2D eigenvalue weighted by molar-refractivity contribution is 7.14. The van der Waals surface area contributed by atoms with Gasteiger partial charge in [-0.2, -0.15) is 0 Å². The first-order valence-electron chi connectivity index (χ1n) is 4.96. The van der Waals surface area contributed by atoms with E-state index in [4.69, 9.17) is 0 Å². The number of hydrogen-bond donors (Lipinski definition) is 0. The summed E-state index contributed by atoms with van der Waals surface area (Å²) in [5.41, 5.74) is 2.53. The minimum atomic E-state index is 0.850. The van der Waals surface area contributed by atoms with Gasteiger partial charge in [0.1, 0.15) is 0 Å². The molecule has 0 aliphatic heterocycles. The van der Waals surface area contributed by atoms with Gasteiger partial charge in [0.15, 0.2) is 0 Å². The highest BCUT2D eigenvalue weighted by Crippen LogP contribution is 2.22. The molecule has 0 aromatic carbocycles. The molecule has 1 heterocycles. The molecule has 0 bridgehead atoms. The third-order valence-corrected chi connectivity index (χ3v) is 3.27. The Hall–Kier alpha value is -0.430. The van der Waals surface area contributed by atoms with E-state index in [-0.39, 0.29) is 0 Å². The molecule has 1 aromatic heterocycles. The molecule has 0 spiro atoms. The molecule has 1 aliphatic rings. The zero-order chi connectivity index (χ0) is 9.26. The summed E-state index contributed by atoms with van der Waals surface area (Å²) in [6.45, 7) is 2.33. The predicted molar refractivity (Wildman–Crippen MR) is 55.6 cm³/mol. The van der Waals surface area contributed by atoms with Crippen molar-refractivity contribution in [2.75, 3.05) is 0 Å². The molecule has 0 N–H and O–H groups in total. The maximum atomic E-state index is 4.18. The molecule has 2 unspecified atom stereocenters. The molecule has 0 radical (unpaired) electrons. The van der Waals surface area contributed by atoms with Crippen LogP contribution in [0.5, 0.6) is 0 Å². The summed E-state index contributed by atoms with van der Waals surface area (Å²) in [6.07, 6.45) is 6.11. The summed E-state index contributed by atoms with van der Waals surface area (Å²) in [6, 6.07) is 0. The third-order valence-electron chi connectivity index (χ3n) is 2.86. The molecule has 72 valence electrons. The number of aromatic nitrogens is 3. The van der Waals surface area contributed by atoms with Crippen LogP contribution in [0.3, 0.4) is 0 Å². The van der Waals surface area contributed by atoms with Gasteiger partial charge in [-0.05, 0) is 41.0 Å². The fourth-order valence-corrected chi connectivity index (χ4v) is 2.27. The Morgan fingerprint density at radius 3 is 3.08 bits per heavy atom. The van der Waals surface area contributed by atoms with Crippen molar-refractivity contribution in [3.8, 4) is 0 Å². The molecule has 13 heavy (non-hydrogen) atoms. The van der Waals surface area contributed by atoms with Crippen LogP contribution >= 0.6 is 9.39 Å². The third kappa shape index (κ3) is 1.91. The summed E-state index contributed by atoms with van der Waals surface area (Å²) < 4.78 is 1.85. The second-order valence-electron chi connectivity index (χ2n) is 3.96. The quantitative estimate of drug-likeness (QED) is 0.594. The number of nitrogens with zero attached hydrogens (tertiary/aromatic N) is 3. The van der Waals surface area contributed by atoms with E-state index in [0.29, 0.717) is 0 Å². The Labute approximate surface area is 81.2 Å². The van der Waals surface area contributed by atoms with E-state index in [1.54, 1.807) is 0 Å². The Bertz CT molecular complexity index is 295. The van der Waals surface area contributed by atoms with Crippen molar-refractivity contribution < 1.29 is 0 Å². The van der Waals surface area contributed by atoms with E-state index >= 15 is 0 Å². The topological polar surface area (TPSA) is 30.7 Å². The maximum absolute atomic E-state index is 4.18. The molecule has 2 rings (SSSR count). The summed E-state index contributed by atoms with van der Waals surface area (Å²) in [5, 5.41) is 8.22. The van der Waals surface area contributed by atoms with Crippen LogP contribution in [0, 0.1) is 5.92 Å². The van der Waals surface area contributed by atoms with Crippen molar-refractivity contribution in [3.05, 3.63) is 11.4 Å². The van der Waals surface area contributed by atoms with E-state index in [1.165, 1.54) is 30.7 Å². The fraction of sp³-hybridized carbons (Fsp3) is 0.778. The van der Waals surface area contributed by atoms with Gasteiger partial charge < -0.3 is 0 Å². The highest BCUT2D eigenvalue weighted by atomic mass is 31.0. The molecule has 1 aliphatic carbocycles. The van der Waals surface area contributed by atoms with Gasteiger partial charge in [-0.15, -0.1) is 5.10 Å². The molecule has 0 saturated heterocycles. The van der Waals surface area contributed by atoms with Crippen molar-refractivity contribution in [2.24, 2.45) is 5.92 Å². The molecule has 0 saturated carbocycles. The van der Waals surface area contributed by atoms with Gasteiger partial charge in [0, 0.05) is 0 Å². The smallest absolute Gasteiger partial charge is 0.0862 e. The van der Waals surface area contributed by atoms with E-state index in [2.05, 4.69) is 26.6 Å². The van der Waals surface area contributed by atoms with Crippen LogP contribution in [0.2, 0.25) is 0 Å². The van der Waals surface area contributed by atoms with E-state index < -0.39 is 0 Å². The Morgan fingerprint density at radius 2 is 2.23 bits per heavy atom. The average Bonchev–Trinajstić information content (AvgIpc) is 2.41. The minimum absolute atomic E-state index is 0.850. The van der Waals surface area contributed by atoms with Crippen LogP contribution in [0.15, 0.2) is 0 Å². The molecule has 3 nitrogen and oxygen atoms in total. The van der Waals surface area contributed by atoms with Crippen LogP contribution < -0.4 is 0 Å². The van der Waals surface area contributed by atoms with Crippen LogP contribution in [0.1, 0.15) is 37.6 Å². The highest BCUT2D eigenvalue weighted by Gasteiger charge is 2.15. The van der Waals surface area contributed by atoms with Crippen molar-refractivity contribution in [1.29, 1.82) is 0 Å². The largest absolute Gasteiger partial charge is 0.235 e. The lowest BCUT2D eigenvalue weighted by atomic mass is 9.93. The van der Waals surface area contributed by atoms with Crippen molar-refractivity contribution in [2.45, 2.75) is 39.0 Å². The molecule has 1 aromatic rings. The Morgan fingerprint density at radius 1 is 1.38 bits per heavy atom. The number of hydrogen-bond acceptors (Lipinski definition) is 2. The zero-order valence-electron chi connectivity index (χ0n) is 8.03. The zero-order valence-corrected chi connectivity index (χ0v) is 9.19. The predicted octanol–water partition coefficient (Wildman–Crippen LogP) is 1.82. The van der Waals surface area contributed by atoms with E-state index in [1.807, 2.05) is 4.45 Å². The van der Waals surface area contributed by atoms with Crippen LogP contribution in [-0.4, -0.2) is 14.8 Å². The SMILES string of the molecule is CC1CCCc2c(nnn2P)CC1. The second-order valence-corrected chi connectivity index (χ2v) is 4.45. The lowest BCUT2D eigenvalue weighted by Crippen LogP contribution is -2.06. The van der Waals surface area contributed by atoms with Gasteiger partial charge in [0.2, 0.25) is 0 Å². The normalized spacial score (nSPS) is 23.4. The van der Waals surface area contributed by atoms with Crippen LogP contribution in [0.4, 0.5) is 0 Å². The van der Waals surface area contributed by atoms with Crippen molar-refractivity contribution in [1.82, 2.24) is 14.8 Å². The van der Waals surface area contributed by atoms with Gasteiger partial charge in [0.05, 0.1) is 11.4 Å². The van der Waals surface area contributed by atoms with Gasteiger partial charge in [-0.25, -0.2) is 4.45 Å². The van der Waals surface area contributed by atoms with Gasteiger partial charge in [0.25, 0.3) is 0 Å². The first-order chi connectivity index (χ1) is 6.27. The fourth-order valence-electron chi connectivity index (χ4n) is 1.94. The van der Waals surface area contributed by atoms with Crippen LogP contribution in [-0.2, 0) is 12.8 Å². The van der Waals surface area contributed by atoms with Crippen LogP contribution in [0.25, 0.3) is 0 Å². The molecule has 2 atom stereocenters. The molecular weight excluding hydrogens is 181 g/mol. The van der Waals surface area contributed by atoms with Gasteiger partial charge in [-0.3, -0.25) is 0 Å². The molecule has 4 heteroatoms. The lowest BCUT2D eigenvalue weighted by Gasteiger charge is -2.14. The molecule has 0 amide bonds. The van der Waals surface area contributed by atoms with Crippen molar-refractivity contribution >= 4 is 9.39 Å².